The van der Waals surface area contributed by atoms with Crippen molar-refractivity contribution < 1.29 is 47.1 Å². The first-order chi connectivity index (χ1) is 4.54. The average molecular weight is 255 g/mol. The summed E-state index contributed by atoms with van der Waals surface area (Å²) in [5, 5.41) is 18.3. The molecule has 0 heterocycles. The van der Waals surface area contributed by atoms with Crippen LogP contribution in [0.4, 0.5) is 0 Å². The van der Waals surface area contributed by atoms with Crippen molar-refractivity contribution in [2.24, 2.45) is 0 Å². The molecule has 0 aromatic carbocycles. The van der Waals surface area contributed by atoms with Crippen LogP contribution in [-0.4, -0.2) is 11.9 Å². The van der Waals surface area contributed by atoms with Gasteiger partial charge < -0.3 is 19.8 Å². The Morgan fingerprint density at radius 1 is 1.00 bits per heavy atom. The molecule has 56 valence electrons. The van der Waals surface area contributed by atoms with Crippen LogP contribution >= 0.6 is 0 Å². The van der Waals surface area contributed by atoms with Crippen molar-refractivity contribution in [2.45, 2.75) is 0 Å². The van der Waals surface area contributed by atoms with E-state index in [4.69, 9.17) is 19.8 Å². The molecule has 0 aromatic heterocycles. The smallest absolute Gasteiger partial charge is 0.545 e. The maximum absolute atomic E-state index is 9.14. The molecule has 0 radical (unpaired) electrons. The van der Waals surface area contributed by atoms with Crippen LogP contribution in [0, 0.1) is 0 Å². The summed E-state index contributed by atoms with van der Waals surface area (Å²) < 4.78 is 0. The molecular weight excluding hydrogens is 248 g/mol. The third kappa shape index (κ3) is 45.1. The third-order valence-electron chi connectivity index (χ3n) is 0.333. The van der Waals surface area contributed by atoms with Crippen LogP contribution in [0.1, 0.15) is 0 Å². The van der Waals surface area contributed by atoms with Gasteiger partial charge in [-0.1, -0.05) is 13.2 Å². The second kappa shape index (κ2) is 12.1. The summed E-state index contributed by atoms with van der Waals surface area (Å²) in [6.07, 6.45) is 1.44. The molecule has 11 heavy (non-hydrogen) atoms. The van der Waals surface area contributed by atoms with Crippen molar-refractivity contribution in [1.29, 1.82) is 0 Å². The molecule has 0 aliphatic rings. The van der Waals surface area contributed by atoms with Gasteiger partial charge >= 0.3 is 27.3 Å². The quantitative estimate of drug-likeness (QED) is 0.415. The van der Waals surface area contributed by atoms with Crippen molar-refractivity contribution in [1.82, 2.24) is 0 Å². The molecule has 0 amide bonds. The summed E-state index contributed by atoms with van der Waals surface area (Å²) in [6.45, 7) is 5.80. The Bertz CT molecular complexity index is 135. The Kier molecular flexibility index (Phi) is 18.4. The number of carboxylic acids is 2. The number of carboxylic acid groups (broad SMARTS) is 2. The number of rotatable bonds is 2. The third-order valence-corrected chi connectivity index (χ3v) is 0.333. The van der Waals surface area contributed by atoms with E-state index in [2.05, 4.69) is 13.2 Å². The van der Waals surface area contributed by atoms with Crippen LogP contribution in [0.5, 0.6) is 0 Å². The first kappa shape index (κ1) is 16.7. The number of carbonyl (C=O) groups excluding carboxylic acids is 2. The first-order valence-corrected chi connectivity index (χ1v) is 2.21. The van der Waals surface area contributed by atoms with E-state index >= 15 is 0 Å². The van der Waals surface area contributed by atoms with Crippen molar-refractivity contribution in [3.63, 3.8) is 0 Å². The van der Waals surface area contributed by atoms with Gasteiger partial charge in [-0.2, -0.15) is 0 Å². The number of aliphatic carboxylic acids is 2. The molecule has 0 rings (SSSR count). The van der Waals surface area contributed by atoms with Crippen molar-refractivity contribution in [2.75, 3.05) is 0 Å². The van der Waals surface area contributed by atoms with Crippen LogP contribution < -0.4 is 10.2 Å². The summed E-state index contributed by atoms with van der Waals surface area (Å²) in [7, 11) is 0. The topological polar surface area (TPSA) is 80.3 Å². The second-order valence-electron chi connectivity index (χ2n) is 1.05. The Hall–Kier alpha value is -0.658. The van der Waals surface area contributed by atoms with Crippen LogP contribution in [0.2, 0.25) is 0 Å². The summed E-state index contributed by atoms with van der Waals surface area (Å²) in [4.78, 5) is 18.3. The largest absolute Gasteiger partial charge is 2.00 e. The fraction of sp³-hybridized carbons (Fsp3) is 0. The van der Waals surface area contributed by atoms with Gasteiger partial charge in [-0.3, -0.25) is 0 Å². The fourth-order valence-corrected chi connectivity index (χ4v) is 0. The van der Waals surface area contributed by atoms with Crippen LogP contribution in [-0.2, 0) is 36.9 Å². The summed E-state index contributed by atoms with van der Waals surface area (Å²) >= 11 is 0. The molecule has 0 aliphatic heterocycles. The monoisotopic (exact) mass is 256 g/mol. The average Bonchev–Trinajstić information content (AvgIpc) is 1.89. The van der Waals surface area contributed by atoms with Gasteiger partial charge in [0.25, 0.3) is 0 Å². The molecule has 0 atom stereocenters. The van der Waals surface area contributed by atoms with Gasteiger partial charge in [0, 0.05) is 0 Å². The summed E-state index contributed by atoms with van der Waals surface area (Å²) in [5.41, 5.74) is 0. The van der Waals surface area contributed by atoms with Crippen molar-refractivity contribution in [3.05, 3.63) is 25.3 Å². The van der Waals surface area contributed by atoms with Crippen LogP contribution in [0.15, 0.2) is 25.3 Å². The number of carbonyl (C=O) groups is 2. The van der Waals surface area contributed by atoms with Gasteiger partial charge in [0.15, 0.2) is 0 Å². The van der Waals surface area contributed by atoms with Gasteiger partial charge in [0.05, 0.1) is 11.9 Å². The number of hydrogen-bond acceptors (Lipinski definition) is 4. The molecule has 0 aliphatic carbocycles. The summed E-state index contributed by atoms with van der Waals surface area (Å²) in [6, 6.07) is 0. The molecule has 5 heteroatoms. The predicted molar refractivity (Wildman–Crippen MR) is 30.4 cm³/mol. The standard InChI is InChI=1S/2C3H4O2.Cd/c2*1-2-3(4)5;/h2*2H,1H2,(H,4,5);/q;;+2/p-2. The van der Waals surface area contributed by atoms with Crippen molar-refractivity contribution >= 4 is 11.9 Å². The Morgan fingerprint density at radius 2 is 1.09 bits per heavy atom. The van der Waals surface area contributed by atoms with E-state index in [0.29, 0.717) is 0 Å². The SMILES string of the molecule is C=CC(=O)[O-].C=CC(=O)[O-].[Cd+2]. The minimum absolute atomic E-state index is 0. The molecule has 0 aromatic rings. The van der Waals surface area contributed by atoms with E-state index in [1.54, 1.807) is 0 Å². The molecule has 0 fully saturated rings. The van der Waals surface area contributed by atoms with Crippen molar-refractivity contribution in [3.8, 4) is 0 Å². The zero-order valence-corrected chi connectivity index (χ0v) is 9.95. The zero-order chi connectivity index (χ0) is 8.57. The fourth-order valence-electron chi connectivity index (χ4n) is 0. The molecule has 0 spiro atoms. The first-order valence-electron chi connectivity index (χ1n) is 2.21. The van der Waals surface area contributed by atoms with Crippen LogP contribution in [0.3, 0.4) is 0 Å². The molecule has 0 saturated carbocycles. The Labute approximate surface area is 84.4 Å². The Balaban J connectivity index is -0.000000107. The van der Waals surface area contributed by atoms with Gasteiger partial charge in [-0.15, -0.1) is 0 Å². The number of hydrogen-bond donors (Lipinski definition) is 0. The minimum atomic E-state index is -1.23. The van der Waals surface area contributed by atoms with E-state index < -0.39 is 11.9 Å². The van der Waals surface area contributed by atoms with Crippen LogP contribution in [0.25, 0.3) is 0 Å². The van der Waals surface area contributed by atoms with E-state index in [9.17, 15) is 0 Å². The van der Waals surface area contributed by atoms with Gasteiger partial charge in [-0.05, 0) is 12.2 Å². The normalized spacial score (nSPS) is 5.82. The van der Waals surface area contributed by atoms with Gasteiger partial charge in [-0.25, -0.2) is 0 Å². The molecular formula is C6H6CdO4. The molecule has 0 saturated heterocycles. The van der Waals surface area contributed by atoms with Gasteiger partial charge in [0.2, 0.25) is 0 Å². The van der Waals surface area contributed by atoms with E-state index in [-0.39, 0.29) is 27.3 Å². The second-order valence-corrected chi connectivity index (χ2v) is 1.05. The minimum Gasteiger partial charge on any atom is -0.545 e. The maximum Gasteiger partial charge on any atom is 2.00 e. The van der Waals surface area contributed by atoms with E-state index in [1.807, 2.05) is 0 Å². The molecule has 4 nitrogen and oxygen atoms in total. The molecule has 0 bridgehead atoms. The maximum atomic E-state index is 9.14. The Morgan fingerprint density at radius 3 is 1.09 bits per heavy atom. The molecule has 0 unspecified atom stereocenters. The summed E-state index contributed by atoms with van der Waals surface area (Å²) in [5.74, 6) is -2.46. The zero-order valence-electron chi connectivity index (χ0n) is 5.91. The van der Waals surface area contributed by atoms with Gasteiger partial charge in [0.1, 0.15) is 0 Å². The molecule has 0 N–H and O–H groups in total. The van der Waals surface area contributed by atoms with E-state index in [0.717, 1.165) is 12.2 Å². The predicted octanol–water partition coefficient (Wildman–Crippen LogP) is -2.16. The van der Waals surface area contributed by atoms with E-state index in [1.165, 1.54) is 0 Å².